The second-order valence-corrected chi connectivity index (χ2v) is 9.20. The maximum absolute atomic E-state index is 10.5. The molecule has 3 aliphatic heterocycles. The van der Waals surface area contributed by atoms with Gasteiger partial charge < -0.3 is 68.2 Å². The van der Waals surface area contributed by atoms with Crippen LogP contribution in [0.25, 0.3) is 0 Å². The third-order valence-corrected chi connectivity index (χ3v) is 6.90. The molecular formula is C22H40O14. The molecule has 3 rings (SSSR count). The van der Waals surface area contributed by atoms with Crippen LogP contribution in [0.1, 0.15) is 13.8 Å². The highest BCUT2D eigenvalue weighted by Crippen LogP contribution is 2.34. The SMILES string of the molecule is COC[C@H]1O[C@@H](O[C@@H]2[C@@H](OC)[C@@H](OC)[C@H](O[C@@H]3[C@H](OC)[C@@H](O)[C@H](C)O[C@H]3O)O[C@H]2C)[C@H](O)[C@@H](O)[C@@H]1O. The van der Waals surface area contributed by atoms with Crippen LogP contribution in [0.15, 0.2) is 0 Å². The summed E-state index contributed by atoms with van der Waals surface area (Å²) in [6.45, 7) is 3.23. The Morgan fingerprint density at radius 3 is 1.75 bits per heavy atom. The van der Waals surface area contributed by atoms with Crippen molar-refractivity contribution in [3.05, 3.63) is 0 Å². The Bertz CT molecular complexity index is 671. The lowest BCUT2D eigenvalue weighted by Crippen LogP contribution is -2.66. The molecule has 0 radical (unpaired) electrons. The molecular weight excluding hydrogens is 488 g/mol. The van der Waals surface area contributed by atoms with E-state index in [1.54, 1.807) is 13.8 Å². The molecule has 0 spiro atoms. The molecule has 3 aliphatic rings. The van der Waals surface area contributed by atoms with E-state index in [1.165, 1.54) is 28.4 Å². The summed E-state index contributed by atoms with van der Waals surface area (Å²) in [4.78, 5) is 0. The molecule has 0 aromatic rings. The van der Waals surface area contributed by atoms with Crippen molar-refractivity contribution in [3.63, 3.8) is 0 Å². The van der Waals surface area contributed by atoms with E-state index in [9.17, 15) is 25.5 Å². The minimum atomic E-state index is -1.56. The molecule has 14 heteroatoms. The van der Waals surface area contributed by atoms with E-state index in [4.69, 9.17) is 42.6 Å². The number of hydrogen-bond acceptors (Lipinski definition) is 14. The number of aliphatic hydroxyl groups excluding tert-OH is 5. The predicted molar refractivity (Wildman–Crippen MR) is 118 cm³/mol. The van der Waals surface area contributed by atoms with Gasteiger partial charge in [-0.05, 0) is 13.8 Å². The molecule has 3 saturated heterocycles. The van der Waals surface area contributed by atoms with Crippen LogP contribution in [0.4, 0.5) is 0 Å². The van der Waals surface area contributed by atoms with Crippen LogP contribution in [0, 0.1) is 0 Å². The monoisotopic (exact) mass is 528 g/mol. The van der Waals surface area contributed by atoms with Crippen molar-refractivity contribution in [1.29, 1.82) is 0 Å². The van der Waals surface area contributed by atoms with Gasteiger partial charge in [-0.25, -0.2) is 0 Å². The molecule has 0 unspecified atom stereocenters. The number of methoxy groups -OCH3 is 4. The van der Waals surface area contributed by atoms with Crippen LogP contribution >= 0.6 is 0 Å². The van der Waals surface area contributed by atoms with Gasteiger partial charge in [-0.1, -0.05) is 0 Å². The summed E-state index contributed by atoms with van der Waals surface area (Å²) in [5.74, 6) is 0. The third-order valence-electron chi connectivity index (χ3n) is 6.90. The molecule has 0 saturated carbocycles. The zero-order valence-corrected chi connectivity index (χ0v) is 21.3. The molecule has 14 nitrogen and oxygen atoms in total. The van der Waals surface area contributed by atoms with Crippen LogP contribution in [0.2, 0.25) is 0 Å². The van der Waals surface area contributed by atoms with E-state index in [1.807, 2.05) is 0 Å². The Hall–Kier alpha value is -0.560. The van der Waals surface area contributed by atoms with Crippen LogP contribution in [0.5, 0.6) is 0 Å². The maximum Gasteiger partial charge on any atom is 0.187 e. The Kier molecular flexibility index (Phi) is 10.8. The van der Waals surface area contributed by atoms with Crippen LogP contribution in [-0.2, 0) is 42.6 Å². The first-order chi connectivity index (χ1) is 17.1. The lowest BCUT2D eigenvalue weighted by molar-refractivity contribution is -0.381. The number of ether oxygens (including phenoxy) is 9. The Morgan fingerprint density at radius 2 is 1.17 bits per heavy atom. The van der Waals surface area contributed by atoms with Crippen molar-refractivity contribution in [2.75, 3.05) is 35.0 Å². The highest BCUT2D eigenvalue weighted by atomic mass is 16.8. The lowest BCUT2D eigenvalue weighted by atomic mass is 9.96. The van der Waals surface area contributed by atoms with Crippen LogP contribution in [-0.4, -0.2) is 153 Å². The predicted octanol–water partition coefficient (Wildman–Crippen LogP) is -2.90. The fourth-order valence-corrected chi connectivity index (χ4v) is 4.85. The molecule has 0 bridgehead atoms. The van der Waals surface area contributed by atoms with Gasteiger partial charge in [0.2, 0.25) is 0 Å². The smallest absolute Gasteiger partial charge is 0.187 e. The van der Waals surface area contributed by atoms with E-state index in [0.717, 1.165) is 0 Å². The molecule has 0 aromatic heterocycles. The van der Waals surface area contributed by atoms with Gasteiger partial charge in [0.1, 0.15) is 61.0 Å². The summed E-state index contributed by atoms with van der Waals surface area (Å²) < 4.78 is 50.7. The summed E-state index contributed by atoms with van der Waals surface area (Å²) in [6, 6.07) is 0. The first kappa shape index (κ1) is 30.0. The average Bonchev–Trinajstić information content (AvgIpc) is 2.85. The van der Waals surface area contributed by atoms with Crippen LogP contribution < -0.4 is 0 Å². The largest absolute Gasteiger partial charge is 0.388 e. The summed E-state index contributed by atoms with van der Waals surface area (Å²) >= 11 is 0. The highest BCUT2D eigenvalue weighted by molar-refractivity contribution is 4.96. The molecule has 3 heterocycles. The van der Waals surface area contributed by atoms with Gasteiger partial charge >= 0.3 is 0 Å². The fraction of sp³-hybridized carbons (Fsp3) is 1.00. The van der Waals surface area contributed by atoms with Gasteiger partial charge in [-0.2, -0.15) is 0 Å². The first-order valence-electron chi connectivity index (χ1n) is 11.8. The maximum atomic E-state index is 10.5. The first-order valence-corrected chi connectivity index (χ1v) is 11.8. The van der Waals surface area contributed by atoms with Gasteiger partial charge in [-0.3, -0.25) is 0 Å². The van der Waals surface area contributed by atoms with E-state index in [0.29, 0.717) is 0 Å². The van der Waals surface area contributed by atoms with E-state index >= 15 is 0 Å². The Morgan fingerprint density at radius 1 is 0.556 bits per heavy atom. The molecule has 5 N–H and O–H groups in total. The zero-order chi connectivity index (χ0) is 26.7. The van der Waals surface area contributed by atoms with Crippen molar-refractivity contribution in [2.24, 2.45) is 0 Å². The van der Waals surface area contributed by atoms with Gasteiger partial charge in [0.05, 0.1) is 18.8 Å². The van der Waals surface area contributed by atoms with Crippen molar-refractivity contribution in [3.8, 4) is 0 Å². The molecule has 0 aliphatic carbocycles. The molecule has 0 aromatic carbocycles. The summed E-state index contributed by atoms with van der Waals surface area (Å²) in [7, 11) is 5.62. The number of hydrogen-bond donors (Lipinski definition) is 5. The topological polar surface area (TPSA) is 184 Å². The molecule has 3 fully saturated rings. The molecule has 0 amide bonds. The minimum Gasteiger partial charge on any atom is -0.388 e. The average molecular weight is 529 g/mol. The normalized spacial score (nSPS) is 50.2. The fourth-order valence-electron chi connectivity index (χ4n) is 4.85. The summed E-state index contributed by atoms with van der Waals surface area (Å²) in [6.07, 6.45) is -16.3. The minimum absolute atomic E-state index is 0.0389. The number of rotatable bonds is 9. The van der Waals surface area contributed by atoms with Crippen molar-refractivity contribution >= 4 is 0 Å². The van der Waals surface area contributed by atoms with Gasteiger partial charge in [0, 0.05) is 28.4 Å². The van der Waals surface area contributed by atoms with E-state index in [2.05, 4.69) is 0 Å². The second kappa shape index (κ2) is 13.0. The van der Waals surface area contributed by atoms with E-state index < -0.39 is 92.1 Å². The second-order valence-electron chi connectivity index (χ2n) is 9.20. The standard InChI is InChI=1S/C22H40O14/c1-8-11(23)16(29-4)18(20(27)32-8)36-22-19(31-6)17(30-5)15(9(2)33-22)35-21-14(26)13(25)12(24)10(34-21)7-28-3/h8-27H,7H2,1-6H3/t8-,9-,10+,11-,12+,13-,14+,15-,16+,17+,18+,19+,20+,21-,22-/m0/s1. The van der Waals surface area contributed by atoms with Gasteiger partial charge in [0.15, 0.2) is 18.9 Å². The quantitative estimate of drug-likeness (QED) is 0.205. The van der Waals surface area contributed by atoms with Gasteiger partial charge in [0.25, 0.3) is 0 Å². The van der Waals surface area contributed by atoms with Crippen molar-refractivity contribution in [2.45, 2.75) is 106 Å². The molecule has 15 atom stereocenters. The van der Waals surface area contributed by atoms with Gasteiger partial charge in [-0.15, -0.1) is 0 Å². The number of aliphatic hydroxyl groups is 5. The van der Waals surface area contributed by atoms with Crippen LogP contribution in [0.3, 0.4) is 0 Å². The lowest BCUT2D eigenvalue weighted by Gasteiger charge is -2.49. The summed E-state index contributed by atoms with van der Waals surface area (Å²) in [5.41, 5.74) is 0. The Balaban J connectivity index is 1.76. The third kappa shape index (κ3) is 6.02. The molecule has 36 heavy (non-hydrogen) atoms. The highest BCUT2D eigenvalue weighted by Gasteiger charge is 2.53. The van der Waals surface area contributed by atoms with E-state index in [-0.39, 0.29) is 6.61 Å². The summed E-state index contributed by atoms with van der Waals surface area (Å²) in [5, 5.41) is 51.8. The zero-order valence-electron chi connectivity index (χ0n) is 21.3. The van der Waals surface area contributed by atoms with Crippen molar-refractivity contribution < 1.29 is 68.2 Å². The Labute approximate surface area is 209 Å². The van der Waals surface area contributed by atoms with Crippen molar-refractivity contribution in [1.82, 2.24) is 0 Å². The molecule has 212 valence electrons.